The molecule has 2 aliphatic heterocycles. The molecule has 15 aromatic rings. The summed E-state index contributed by atoms with van der Waals surface area (Å²) in [5.41, 5.74) is 24.4. The van der Waals surface area contributed by atoms with Gasteiger partial charge in [0.1, 0.15) is 0 Å². The average molecular weight is 1180 g/mol. The van der Waals surface area contributed by atoms with Crippen molar-refractivity contribution in [2.45, 2.75) is 26.2 Å². The summed E-state index contributed by atoms with van der Waals surface area (Å²) < 4.78 is 2.37. The maximum atomic E-state index is 5.52. The van der Waals surface area contributed by atoms with Gasteiger partial charge in [-0.3, -0.25) is 0 Å². The minimum atomic E-state index is -0.0490. The van der Waals surface area contributed by atoms with Gasteiger partial charge in [-0.25, -0.2) is 24.9 Å². The number of hydrogen-bond acceptors (Lipinski definition) is 7. The number of para-hydroxylation sites is 4. The van der Waals surface area contributed by atoms with Crippen molar-refractivity contribution < 1.29 is 0 Å². The standard InChI is InChI=1S/C83H59BN8/c1-83(2,3)61-46-50-72-65(52-61)64-31-16-19-34-71(64)92(72)73-49-45-60(70-53-69(56-23-8-4-9-24-56)85-79(86-70)57-25-10-5-11-26-57)51-66(73)82-88-80(58-27-12-6-13-28-58)87-81(89-82)59-41-39-54(40-42-59)55-43-47-63(48-44-55)91-75-36-21-18-33-68(75)84-67-32-17-20-35-74(67)90(62-29-14-7-15-30-62)76-37-22-38-77(91)78(76)84/h4-53H,1-3H3. The summed E-state index contributed by atoms with van der Waals surface area (Å²) in [7, 11) is 0. The number of benzene rings is 12. The maximum absolute atomic E-state index is 5.52. The lowest BCUT2D eigenvalue weighted by Gasteiger charge is -2.44. The van der Waals surface area contributed by atoms with E-state index in [1.165, 1.54) is 55.5 Å². The molecule has 0 amide bonds. The first-order valence-corrected chi connectivity index (χ1v) is 31.4. The number of rotatable bonds is 10. The van der Waals surface area contributed by atoms with Gasteiger partial charge in [-0.15, -0.1) is 0 Å². The molecule has 0 unspecified atom stereocenters. The molecule has 0 saturated carbocycles. The molecule has 0 N–H and O–H groups in total. The highest BCUT2D eigenvalue weighted by atomic mass is 15.2. The highest BCUT2D eigenvalue weighted by Crippen LogP contribution is 2.45. The molecular weight excluding hydrogens is 1120 g/mol. The third kappa shape index (κ3) is 9.35. The van der Waals surface area contributed by atoms with E-state index in [0.717, 1.165) is 84.0 Å². The fraction of sp³-hybridized carbons (Fsp3) is 0.0482. The van der Waals surface area contributed by atoms with Crippen molar-refractivity contribution in [3.05, 3.63) is 309 Å². The number of aromatic nitrogens is 6. The van der Waals surface area contributed by atoms with Gasteiger partial charge in [0.2, 0.25) is 0 Å². The number of hydrogen-bond donors (Lipinski definition) is 0. The summed E-state index contributed by atoms with van der Waals surface area (Å²) in [5, 5.41) is 2.35. The molecule has 0 atom stereocenters. The first kappa shape index (κ1) is 54.4. The van der Waals surface area contributed by atoms with Crippen LogP contribution < -0.4 is 26.2 Å². The first-order chi connectivity index (χ1) is 45.3. The molecule has 434 valence electrons. The fourth-order valence-electron chi connectivity index (χ4n) is 13.8. The fourth-order valence-corrected chi connectivity index (χ4v) is 13.8. The molecule has 8 nitrogen and oxygen atoms in total. The SMILES string of the molecule is CC(C)(C)c1ccc2c(c1)c1ccccc1n2-c1ccc(-c2cc(-c3ccccc3)nc(-c3ccccc3)n2)cc1-c1nc(-c2ccccc2)nc(-c2ccc(-c3ccc(N4c5ccccc5B5c6ccccc6N(c6ccccc6)c6cccc4c65)cc3)cc2)n1. The molecule has 0 saturated heterocycles. The molecule has 0 radical (unpaired) electrons. The Morgan fingerprint density at radius 3 is 1.35 bits per heavy atom. The van der Waals surface area contributed by atoms with Crippen molar-refractivity contribution in [2.75, 3.05) is 9.80 Å². The second-order valence-corrected chi connectivity index (χ2v) is 24.8. The van der Waals surface area contributed by atoms with Gasteiger partial charge in [0.05, 0.1) is 28.1 Å². The molecule has 0 fully saturated rings. The van der Waals surface area contributed by atoms with Crippen LogP contribution in [0.3, 0.4) is 0 Å². The summed E-state index contributed by atoms with van der Waals surface area (Å²) in [6, 6.07) is 108. The normalized spacial score (nSPS) is 12.4. The van der Waals surface area contributed by atoms with Gasteiger partial charge in [0, 0.05) is 78.3 Å². The topological polar surface area (TPSA) is 75.9 Å². The minimum absolute atomic E-state index is 0.0490. The zero-order valence-corrected chi connectivity index (χ0v) is 51.0. The van der Waals surface area contributed by atoms with Crippen molar-refractivity contribution in [1.29, 1.82) is 0 Å². The van der Waals surface area contributed by atoms with Gasteiger partial charge in [-0.2, -0.15) is 0 Å². The Morgan fingerprint density at radius 2 is 0.739 bits per heavy atom. The second-order valence-electron chi connectivity index (χ2n) is 24.8. The number of anilines is 6. The second kappa shape index (κ2) is 22.0. The van der Waals surface area contributed by atoms with E-state index in [0.29, 0.717) is 23.3 Å². The maximum Gasteiger partial charge on any atom is 0.252 e. The summed E-state index contributed by atoms with van der Waals surface area (Å²) in [5.74, 6) is 2.30. The Hall–Kier alpha value is -11.8. The van der Waals surface area contributed by atoms with Crippen molar-refractivity contribution >= 4 is 79.0 Å². The van der Waals surface area contributed by atoms with Crippen LogP contribution in [-0.4, -0.2) is 36.2 Å². The summed E-state index contributed by atoms with van der Waals surface area (Å²) in [6.45, 7) is 6.89. The predicted molar refractivity (Wildman–Crippen MR) is 381 cm³/mol. The van der Waals surface area contributed by atoms with Crippen LogP contribution in [0.4, 0.5) is 34.1 Å². The Labute approximate surface area is 535 Å². The van der Waals surface area contributed by atoms with E-state index in [1.54, 1.807) is 0 Å². The Morgan fingerprint density at radius 1 is 0.293 bits per heavy atom. The molecule has 12 aromatic carbocycles. The van der Waals surface area contributed by atoms with Gasteiger partial charge in [-0.05, 0) is 123 Å². The number of fused-ring (bicyclic) bond motifs is 7. The zero-order chi connectivity index (χ0) is 61.4. The van der Waals surface area contributed by atoms with E-state index in [-0.39, 0.29) is 12.1 Å². The summed E-state index contributed by atoms with van der Waals surface area (Å²) in [4.78, 5) is 31.6. The monoisotopic (exact) mass is 1180 g/mol. The summed E-state index contributed by atoms with van der Waals surface area (Å²) >= 11 is 0. The van der Waals surface area contributed by atoms with Crippen molar-refractivity contribution in [3.63, 3.8) is 0 Å². The van der Waals surface area contributed by atoms with Crippen LogP contribution in [0.5, 0.6) is 0 Å². The van der Waals surface area contributed by atoms with E-state index in [4.69, 9.17) is 24.9 Å². The molecular formula is C83H59BN8. The predicted octanol–water partition coefficient (Wildman–Crippen LogP) is 18.8. The van der Waals surface area contributed by atoms with Crippen LogP contribution in [0.2, 0.25) is 0 Å². The molecule has 3 aromatic heterocycles. The van der Waals surface area contributed by atoms with Gasteiger partial charge >= 0.3 is 0 Å². The molecule has 92 heavy (non-hydrogen) atoms. The third-order valence-corrected chi connectivity index (χ3v) is 18.2. The van der Waals surface area contributed by atoms with Crippen LogP contribution in [-0.2, 0) is 5.41 Å². The van der Waals surface area contributed by atoms with Crippen molar-refractivity contribution in [1.82, 2.24) is 29.5 Å². The van der Waals surface area contributed by atoms with Crippen LogP contribution in [0.15, 0.2) is 303 Å². The van der Waals surface area contributed by atoms with Crippen molar-refractivity contribution in [2.24, 2.45) is 0 Å². The molecule has 0 bridgehead atoms. The highest BCUT2D eigenvalue weighted by molar-refractivity contribution is 7.00. The lowest BCUT2D eigenvalue weighted by molar-refractivity contribution is 0.591. The van der Waals surface area contributed by atoms with E-state index in [9.17, 15) is 0 Å². The van der Waals surface area contributed by atoms with Crippen LogP contribution in [0, 0.1) is 0 Å². The van der Waals surface area contributed by atoms with Crippen LogP contribution in [0.25, 0.3) is 107 Å². The lowest BCUT2D eigenvalue weighted by atomic mass is 9.33. The van der Waals surface area contributed by atoms with Gasteiger partial charge in [0.15, 0.2) is 23.3 Å². The Balaban J connectivity index is 0.789. The Bertz CT molecular complexity index is 5260. The smallest absolute Gasteiger partial charge is 0.252 e. The lowest BCUT2D eigenvalue weighted by Crippen LogP contribution is -2.61. The third-order valence-electron chi connectivity index (χ3n) is 18.2. The first-order valence-electron chi connectivity index (χ1n) is 31.4. The van der Waals surface area contributed by atoms with E-state index in [1.807, 2.05) is 54.6 Å². The molecule has 9 heteroatoms. The molecule has 5 heterocycles. The molecule has 0 spiro atoms. The summed E-state index contributed by atoms with van der Waals surface area (Å²) in [6.07, 6.45) is 0. The van der Waals surface area contributed by atoms with Gasteiger partial charge < -0.3 is 14.4 Å². The highest BCUT2D eigenvalue weighted by Gasteiger charge is 2.43. The largest absolute Gasteiger partial charge is 0.311 e. The Kier molecular flexibility index (Phi) is 13.0. The van der Waals surface area contributed by atoms with Gasteiger partial charge in [0.25, 0.3) is 6.71 Å². The van der Waals surface area contributed by atoms with Gasteiger partial charge in [-0.1, -0.05) is 239 Å². The van der Waals surface area contributed by atoms with E-state index >= 15 is 0 Å². The number of nitrogens with zero attached hydrogens (tertiary/aromatic N) is 8. The van der Waals surface area contributed by atoms with E-state index < -0.39 is 0 Å². The average Bonchev–Trinajstić information content (AvgIpc) is 0.816. The molecule has 0 aliphatic carbocycles. The van der Waals surface area contributed by atoms with Crippen LogP contribution >= 0.6 is 0 Å². The quantitative estimate of drug-likeness (QED) is 0.126. The zero-order valence-electron chi connectivity index (χ0n) is 51.0. The van der Waals surface area contributed by atoms with E-state index in [2.05, 4.69) is 284 Å². The van der Waals surface area contributed by atoms with Crippen molar-refractivity contribution in [3.8, 4) is 84.9 Å². The molecule has 2 aliphatic rings. The van der Waals surface area contributed by atoms with Crippen LogP contribution in [0.1, 0.15) is 26.3 Å². The molecule has 17 rings (SSSR count). The minimum Gasteiger partial charge on any atom is -0.311 e.